The van der Waals surface area contributed by atoms with Crippen LogP contribution in [0.2, 0.25) is 0 Å². The minimum atomic E-state index is -0.624. The molecule has 39 heavy (non-hydrogen) atoms. The number of likely N-dealkylation sites (tertiary alicyclic amines) is 1. The number of halogens is 1. The van der Waals surface area contributed by atoms with Crippen LogP contribution in [0, 0.1) is 5.82 Å². The highest BCUT2D eigenvalue weighted by Gasteiger charge is 2.41. The maximum absolute atomic E-state index is 15.4. The van der Waals surface area contributed by atoms with Crippen molar-refractivity contribution in [3.63, 3.8) is 0 Å². The first-order valence-electron chi connectivity index (χ1n) is 13.4. The molecule has 196 valence electrons. The van der Waals surface area contributed by atoms with Crippen molar-refractivity contribution in [1.82, 2.24) is 29.0 Å². The summed E-state index contributed by atoms with van der Waals surface area (Å²) in [5, 5.41) is 4.53. The summed E-state index contributed by atoms with van der Waals surface area (Å²) in [6, 6.07) is 9.40. The van der Waals surface area contributed by atoms with Crippen LogP contribution in [0.1, 0.15) is 59.3 Å². The van der Waals surface area contributed by atoms with E-state index < -0.39 is 5.82 Å². The summed E-state index contributed by atoms with van der Waals surface area (Å²) < 4.78 is 25.5. The highest BCUT2D eigenvalue weighted by molar-refractivity contribution is 5.99. The number of benzene rings is 2. The quantitative estimate of drug-likeness (QED) is 0.368. The maximum atomic E-state index is 15.4. The molecule has 10 heteroatoms. The molecule has 8 rings (SSSR count). The number of fused-ring (bicyclic) bond motifs is 6. The van der Waals surface area contributed by atoms with Crippen molar-refractivity contribution < 1.29 is 13.9 Å². The predicted molar refractivity (Wildman–Crippen MR) is 142 cm³/mol. The number of carbonyl (C=O) groups is 1. The second-order valence-electron chi connectivity index (χ2n) is 10.8. The predicted octanol–water partition coefficient (Wildman–Crippen LogP) is 4.68. The number of nitrogen functional groups attached to an aromatic ring is 1. The van der Waals surface area contributed by atoms with E-state index in [4.69, 9.17) is 10.5 Å². The summed E-state index contributed by atoms with van der Waals surface area (Å²) in [7, 11) is 0. The van der Waals surface area contributed by atoms with Gasteiger partial charge in [-0.2, -0.15) is 5.10 Å². The third kappa shape index (κ3) is 3.55. The standard InChI is InChI=1S/C29H26FN7O2/c30-22-10-23-24(36-15-32-12-25(36)28(31)34-23)9-21(22)29(38)35-7-1-2-26-27(35)20-6-3-16(8-17(20)14-39-26)18-11-33-37(13-18)19-4-5-19/h3,6,8-13,15,19,26-27H,1-2,4-5,7,14H2,(H2,31,34)/t26?,27-/m0/s1. The molecule has 1 aliphatic carbocycles. The zero-order valence-corrected chi connectivity index (χ0v) is 21.1. The Bertz CT molecular complexity index is 1790. The Morgan fingerprint density at radius 2 is 1.97 bits per heavy atom. The lowest BCUT2D eigenvalue weighted by Crippen LogP contribution is -2.48. The summed E-state index contributed by atoms with van der Waals surface area (Å²) in [5.74, 6) is -0.728. The lowest BCUT2D eigenvalue weighted by atomic mass is 9.85. The monoisotopic (exact) mass is 523 g/mol. The summed E-state index contributed by atoms with van der Waals surface area (Å²) in [6.07, 6.45) is 11.1. The number of aromatic nitrogens is 5. The van der Waals surface area contributed by atoms with Crippen LogP contribution in [0.3, 0.4) is 0 Å². The molecule has 2 N–H and O–H groups in total. The number of hydrogen-bond donors (Lipinski definition) is 1. The minimum absolute atomic E-state index is 0.000884. The van der Waals surface area contributed by atoms with Crippen molar-refractivity contribution in [2.75, 3.05) is 12.3 Å². The summed E-state index contributed by atoms with van der Waals surface area (Å²) in [5.41, 5.74) is 11.8. The maximum Gasteiger partial charge on any atom is 0.257 e. The van der Waals surface area contributed by atoms with Crippen LogP contribution in [-0.2, 0) is 11.3 Å². The molecule has 0 radical (unpaired) electrons. The molecule has 1 amide bonds. The Hall–Kier alpha value is -4.31. The van der Waals surface area contributed by atoms with E-state index in [1.807, 2.05) is 10.9 Å². The fourth-order valence-corrected chi connectivity index (χ4v) is 6.17. The van der Waals surface area contributed by atoms with E-state index in [1.54, 1.807) is 27.9 Å². The van der Waals surface area contributed by atoms with Gasteiger partial charge in [0.1, 0.15) is 17.2 Å². The number of carbonyl (C=O) groups excluding carboxylic acids is 1. The molecule has 2 aliphatic heterocycles. The Kier molecular flexibility index (Phi) is 4.85. The number of nitrogens with two attached hydrogens (primary N) is 1. The summed E-state index contributed by atoms with van der Waals surface area (Å²) >= 11 is 0. The second-order valence-corrected chi connectivity index (χ2v) is 10.8. The third-order valence-corrected chi connectivity index (χ3v) is 8.30. The molecule has 1 unspecified atom stereocenters. The fourth-order valence-electron chi connectivity index (χ4n) is 6.17. The largest absolute Gasteiger partial charge is 0.382 e. The van der Waals surface area contributed by atoms with E-state index in [-0.39, 0.29) is 29.4 Å². The molecule has 3 aromatic heterocycles. The highest BCUT2D eigenvalue weighted by Crippen LogP contribution is 2.42. The van der Waals surface area contributed by atoms with Gasteiger partial charge < -0.3 is 15.4 Å². The van der Waals surface area contributed by atoms with Crippen LogP contribution >= 0.6 is 0 Å². The first kappa shape index (κ1) is 22.7. The van der Waals surface area contributed by atoms with Crippen LogP contribution in [0.15, 0.2) is 55.2 Å². The van der Waals surface area contributed by atoms with E-state index >= 15 is 4.39 Å². The molecule has 5 heterocycles. The van der Waals surface area contributed by atoms with Crippen LogP contribution < -0.4 is 5.73 Å². The van der Waals surface area contributed by atoms with Crippen LogP contribution in [0.25, 0.3) is 27.7 Å². The van der Waals surface area contributed by atoms with Gasteiger partial charge in [0.25, 0.3) is 5.91 Å². The molecular weight excluding hydrogens is 497 g/mol. The number of anilines is 1. The first-order valence-corrected chi connectivity index (χ1v) is 13.4. The van der Waals surface area contributed by atoms with Gasteiger partial charge in [0, 0.05) is 24.4 Å². The lowest BCUT2D eigenvalue weighted by molar-refractivity contribution is -0.0571. The number of piperidine rings is 1. The van der Waals surface area contributed by atoms with Crippen molar-refractivity contribution in [2.24, 2.45) is 0 Å². The van der Waals surface area contributed by atoms with E-state index in [2.05, 4.69) is 39.5 Å². The number of hydrogen-bond acceptors (Lipinski definition) is 6. The lowest BCUT2D eigenvalue weighted by Gasteiger charge is -2.44. The van der Waals surface area contributed by atoms with Gasteiger partial charge in [0.15, 0.2) is 0 Å². The van der Waals surface area contributed by atoms with Gasteiger partial charge in [-0.3, -0.25) is 13.9 Å². The van der Waals surface area contributed by atoms with Crippen molar-refractivity contribution in [2.45, 2.75) is 50.5 Å². The van der Waals surface area contributed by atoms with E-state index in [0.29, 0.717) is 35.7 Å². The second kappa shape index (κ2) is 8.34. The van der Waals surface area contributed by atoms with Crippen LogP contribution in [-0.4, -0.2) is 47.6 Å². The molecule has 5 aromatic rings. The van der Waals surface area contributed by atoms with Gasteiger partial charge in [-0.1, -0.05) is 12.1 Å². The molecule has 2 atom stereocenters. The normalized spacial score (nSPS) is 20.8. The smallest absolute Gasteiger partial charge is 0.257 e. The van der Waals surface area contributed by atoms with Crippen LogP contribution in [0.4, 0.5) is 10.2 Å². The van der Waals surface area contributed by atoms with Crippen LogP contribution in [0.5, 0.6) is 0 Å². The van der Waals surface area contributed by atoms with E-state index in [1.165, 1.54) is 18.9 Å². The van der Waals surface area contributed by atoms with Gasteiger partial charge in [0.2, 0.25) is 0 Å². The van der Waals surface area contributed by atoms with Crippen molar-refractivity contribution in [3.05, 3.63) is 77.8 Å². The van der Waals surface area contributed by atoms with Crippen molar-refractivity contribution in [1.29, 1.82) is 0 Å². The molecule has 0 bridgehead atoms. The zero-order chi connectivity index (χ0) is 26.2. The number of amides is 1. The van der Waals surface area contributed by atoms with E-state index in [0.717, 1.165) is 35.1 Å². The Morgan fingerprint density at radius 3 is 2.85 bits per heavy atom. The molecule has 2 fully saturated rings. The molecular formula is C29H26FN7O2. The number of imidazole rings is 1. The first-order chi connectivity index (χ1) is 19.0. The Balaban J connectivity index is 1.17. The molecule has 3 aliphatic rings. The molecule has 9 nitrogen and oxygen atoms in total. The van der Waals surface area contributed by atoms with Gasteiger partial charge in [-0.25, -0.2) is 14.4 Å². The zero-order valence-electron chi connectivity index (χ0n) is 21.1. The SMILES string of the molecule is Nc1nc2cc(F)c(C(=O)N3CCCC4OCc5cc(-c6cnn(C7CC7)c6)ccc5[C@@H]43)cc2n2cncc12. The Morgan fingerprint density at radius 1 is 1.08 bits per heavy atom. The van der Waals surface area contributed by atoms with Gasteiger partial charge in [0.05, 0.1) is 60.1 Å². The highest BCUT2D eigenvalue weighted by atomic mass is 19.1. The van der Waals surface area contributed by atoms with Crippen molar-refractivity contribution in [3.8, 4) is 11.1 Å². The number of nitrogens with zero attached hydrogens (tertiary/aromatic N) is 6. The van der Waals surface area contributed by atoms with Gasteiger partial charge in [-0.05, 0) is 54.5 Å². The molecule has 0 spiro atoms. The van der Waals surface area contributed by atoms with Crippen molar-refractivity contribution >= 4 is 28.3 Å². The average Bonchev–Trinajstić information content (AvgIpc) is 3.46. The third-order valence-electron chi connectivity index (χ3n) is 8.30. The molecule has 2 aromatic carbocycles. The summed E-state index contributed by atoms with van der Waals surface area (Å²) in [6.45, 7) is 1.01. The fraction of sp³-hybridized carbons (Fsp3) is 0.310. The number of ether oxygens (including phenoxy) is 1. The topological polar surface area (TPSA) is 104 Å². The Labute approximate surface area is 223 Å². The van der Waals surface area contributed by atoms with E-state index in [9.17, 15) is 4.79 Å². The van der Waals surface area contributed by atoms with Gasteiger partial charge >= 0.3 is 0 Å². The molecule has 1 saturated carbocycles. The summed E-state index contributed by atoms with van der Waals surface area (Å²) in [4.78, 5) is 24.2. The molecule has 1 saturated heterocycles. The average molecular weight is 524 g/mol. The van der Waals surface area contributed by atoms with Gasteiger partial charge in [-0.15, -0.1) is 0 Å². The number of rotatable bonds is 3. The minimum Gasteiger partial charge on any atom is -0.382 e.